The second-order valence-corrected chi connectivity index (χ2v) is 8.55. The van der Waals surface area contributed by atoms with Crippen molar-refractivity contribution in [2.24, 2.45) is 10.9 Å². The summed E-state index contributed by atoms with van der Waals surface area (Å²) < 4.78 is 0. The number of guanidine groups is 1. The summed E-state index contributed by atoms with van der Waals surface area (Å²) in [6.07, 6.45) is 8.41. The van der Waals surface area contributed by atoms with E-state index in [1.54, 1.807) is 0 Å². The predicted octanol–water partition coefficient (Wildman–Crippen LogP) is 2.94. The summed E-state index contributed by atoms with van der Waals surface area (Å²) in [5.41, 5.74) is 2.68. The number of nitrogens with one attached hydrogen (secondary N) is 1. The van der Waals surface area contributed by atoms with Crippen molar-refractivity contribution >= 4 is 11.6 Å². The number of benzene rings is 1. The largest absolute Gasteiger partial charge is 0.372 e. The molecule has 1 N–H and O–H groups in total. The zero-order valence-corrected chi connectivity index (χ0v) is 17.5. The van der Waals surface area contributed by atoms with Gasteiger partial charge in [-0.2, -0.15) is 0 Å². The van der Waals surface area contributed by atoms with Gasteiger partial charge < -0.3 is 15.1 Å². The summed E-state index contributed by atoms with van der Waals surface area (Å²) in [6, 6.07) is 9.73. The van der Waals surface area contributed by atoms with Gasteiger partial charge in [0.15, 0.2) is 5.96 Å². The standard InChI is InChI=1S/C23H35N5/c1-19-9-14-27(15-10-19)21-7-5-20(6-8-21)17-25-23(24-2)28-16-11-22(18-28)26-12-3-4-13-26/h3-8,19,22H,9-18H2,1-2H3,(H,24,25). The Balaban J connectivity index is 1.27. The summed E-state index contributed by atoms with van der Waals surface area (Å²) >= 11 is 0. The second kappa shape index (κ2) is 8.99. The van der Waals surface area contributed by atoms with Crippen LogP contribution in [-0.4, -0.2) is 68.1 Å². The molecule has 0 aromatic heterocycles. The summed E-state index contributed by atoms with van der Waals surface area (Å²) in [4.78, 5) is 12.0. The second-order valence-electron chi connectivity index (χ2n) is 8.55. The van der Waals surface area contributed by atoms with Crippen LogP contribution in [0.2, 0.25) is 0 Å². The molecule has 152 valence electrons. The van der Waals surface area contributed by atoms with Crippen LogP contribution in [-0.2, 0) is 6.54 Å². The van der Waals surface area contributed by atoms with Gasteiger partial charge in [-0.15, -0.1) is 0 Å². The van der Waals surface area contributed by atoms with Crippen molar-refractivity contribution in [3.8, 4) is 0 Å². The Morgan fingerprint density at radius 3 is 2.43 bits per heavy atom. The van der Waals surface area contributed by atoms with E-state index in [9.17, 15) is 0 Å². The first kappa shape index (κ1) is 19.3. The molecular formula is C23H35N5. The fourth-order valence-corrected chi connectivity index (χ4v) is 4.63. The van der Waals surface area contributed by atoms with Gasteiger partial charge in [-0.1, -0.05) is 31.2 Å². The van der Waals surface area contributed by atoms with E-state index in [0.29, 0.717) is 6.04 Å². The van der Waals surface area contributed by atoms with Gasteiger partial charge in [-0.25, -0.2) is 0 Å². The molecule has 0 radical (unpaired) electrons. The molecule has 0 saturated carbocycles. The summed E-state index contributed by atoms with van der Waals surface area (Å²) in [5.74, 6) is 1.90. The van der Waals surface area contributed by atoms with Crippen LogP contribution in [0.4, 0.5) is 5.69 Å². The maximum Gasteiger partial charge on any atom is 0.193 e. The molecule has 2 saturated heterocycles. The molecule has 28 heavy (non-hydrogen) atoms. The van der Waals surface area contributed by atoms with Crippen LogP contribution in [0.15, 0.2) is 41.4 Å². The lowest BCUT2D eigenvalue weighted by Crippen LogP contribution is -2.42. The van der Waals surface area contributed by atoms with Gasteiger partial charge in [-0.05, 0) is 42.9 Å². The number of rotatable bonds is 4. The molecule has 5 heteroatoms. The van der Waals surface area contributed by atoms with E-state index in [1.807, 2.05) is 7.05 Å². The molecule has 0 spiro atoms. The van der Waals surface area contributed by atoms with Gasteiger partial charge in [0.2, 0.25) is 0 Å². The van der Waals surface area contributed by atoms with E-state index in [-0.39, 0.29) is 0 Å². The lowest BCUT2D eigenvalue weighted by molar-refractivity contribution is 0.259. The highest BCUT2D eigenvalue weighted by Crippen LogP contribution is 2.23. The number of hydrogen-bond acceptors (Lipinski definition) is 3. The Hall–Kier alpha value is -2.01. The molecule has 5 nitrogen and oxygen atoms in total. The van der Waals surface area contributed by atoms with Crippen molar-refractivity contribution in [3.05, 3.63) is 42.0 Å². The van der Waals surface area contributed by atoms with Crippen molar-refractivity contribution in [1.82, 2.24) is 15.1 Å². The Kier molecular flexibility index (Phi) is 6.20. The molecule has 2 fully saturated rings. The summed E-state index contributed by atoms with van der Waals surface area (Å²) in [5, 5.41) is 3.57. The van der Waals surface area contributed by atoms with E-state index in [2.05, 4.69) is 68.4 Å². The van der Waals surface area contributed by atoms with Crippen molar-refractivity contribution < 1.29 is 0 Å². The molecule has 4 rings (SSSR count). The van der Waals surface area contributed by atoms with Crippen molar-refractivity contribution in [2.45, 2.75) is 38.8 Å². The average Bonchev–Trinajstić information content (AvgIpc) is 3.42. The fourth-order valence-electron chi connectivity index (χ4n) is 4.63. The number of piperidine rings is 1. The van der Waals surface area contributed by atoms with E-state index < -0.39 is 0 Å². The van der Waals surface area contributed by atoms with Crippen molar-refractivity contribution in [1.29, 1.82) is 0 Å². The SMILES string of the molecule is CN=C(NCc1ccc(N2CCC(C)CC2)cc1)N1CCC(N2CC=CC2)C1. The Morgan fingerprint density at radius 1 is 1.04 bits per heavy atom. The first-order chi connectivity index (χ1) is 13.7. The third-order valence-electron chi connectivity index (χ3n) is 6.57. The topological polar surface area (TPSA) is 34.1 Å². The van der Waals surface area contributed by atoms with Crippen LogP contribution < -0.4 is 10.2 Å². The van der Waals surface area contributed by atoms with Crippen LogP contribution in [0.25, 0.3) is 0 Å². The number of hydrogen-bond donors (Lipinski definition) is 1. The maximum atomic E-state index is 4.53. The van der Waals surface area contributed by atoms with Gasteiger partial charge in [0.05, 0.1) is 0 Å². The fraction of sp³-hybridized carbons (Fsp3) is 0.609. The molecule has 1 unspecified atom stereocenters. The molecule has 0 aliphatic carbocycles. The quantitative estimate of drug-likeness (QED) is 0.494. The van der Waals surface area contributed by atoms with Crippen LogP contribution in [0.1, 0.15) is 31.7 Å². The molecule has 1 aromatic carbocycles. The molecule has 0 bridgehead atoms. The van der Waals surface area contributed by atoms with E-state index in [0.717, 1.165) is 44.6 Å². The minimum atomic E-state index is 0.653. The van der Waals surface area contributed by atoms with E-state index in [4.69, 9.17) is 0 Å². The highest BCUT2D eigenvalue weighted by atomic mass is 15.3. The predicted molar refractivity (Wildman–Crippen MR) is 118 cm³/mol. The van der Waals surface area contributed by atoms with Gasteiger partial charge in [-0.3, -0.25) is 9.89 Å². The third kappa shape index (κ3) is 4.52. The number of aliphatic imine (C=N–C) groups is 1. The van der Waals surface area contributed by atoms with Crippen molar-refractivity contribution in [3.63, 3.8) is 0 Å². The molecule has 3 aliphatic heterocycles. The van der Waals surface area contributed by atoms with E-state index >= 15 is 0 Å². The van der Waals surface area contributed by atoms with Crippen LogP contribution in [0.5, 0.6) is 0 Å². The summed E-state index contributed by atoms with van der Waals surface area (Å²) in [6.45, 7) is 9.95. The first-order valence-electron chi connectivity index (χ1n) is 10.9. The lowest BCUT2D eigenvalue weighted by atomic mass is 9.99. The van der Waals surface area contributed by atoms with Gasteiger partial charge in [0.25, 0.3) is 0 Å². The molecule has 0 amide bonds. The molecular weight excluding hydrogens is 346 g/mol. The Labute approximate surface area is 170 Å². The smallest absolute Gasteiger partial charge is 0.193 e. The number of anilines is 1. The van der Waals surface area contributed by atoms with Crippen LogP contribution >= 0.6 is 0 Å². The highest BCUT2D eigenvalue weighted by Gasteiger charge is 2.29. The lowest BCUT2D eigenvalue weighted by Gasteiger charge is -2.32. The van der Waals surface area contributed by atoms with Crippen LogP contribution in [0, 0.1) is 5.92 Å². The highest BCUT2D eigenvalue weighted by molar-refractivity contribution is 5.80. The van der Waals surface area contributed by atoms with Gasteiger partial charge >= 0.3 is 0 Å². The number of likely N-dealkylation sites (tertiary alicyclic amines) is 1. The molecule has 3 aliphatic rings. The van der Waals surface area contributed by atoms with Gasteiger partial charge in [0.1, 0.15) is 0 Å². The third-order valence-corrected chi connectivity index (χ3v) is 6.57. The van der Waals surface area contributed by atoms with Crippen LogP contribution in [0.3, 0.4) is 0 Å². The van der Waals surface area contributed by atoms with Crippen molar-refractivity contribution in [2.75, 3.05) is 51.2 Å². The Morgan fingerprint density at radius 2 is 1.75 bits per heavy atom. The maximum absolute atomic E-state index is 4.53. The minimum absolute atomic E-state index is 0.653. The molecule has 3 heterocycles. The minimum Gasteiger partial charge on any atom is -0.372 e. The molecule has 1 atom stereocenters. The number of nitrogens with zero attached hydrogens (tertiary/aromatic N) is 4. The first-order valence-corrected chi connectivity index (χ1v) is 10.9. The monoisotopic (exact) mass is 381 g/mol. The molecule has 1 aromatic rings. The van der Waals surface area contributed by atoms with E-state index in [1.165, 1.54) is 43.6 Å². The average molecular weight is 382 g/mol. The zero-order chi connectivity index (χ0) is 19.3. The Bertz CT molecular complexity index is 679. The normalized spacial score (nSPS) is 24.4. The zero-order valence-electron chi connectivity index (χ0n) is 17.5. The summed E-state index contributed by atoms with van der Waals surface area (Å²) in [7, 11) is 1.90. The van der Waals surface area contributed by atoms with Gasteiger partial charge in [0, 0.05) is 64.6 Å².